The highest BCUT2D eigenvalue weighted by Crippen LogP contribution is 2.18. The van der Waals surface area contributed by atoms with E-state index in [2.05, 4.69) is 10.6 Å². The molecule has 1 saturated heterocycles. The molecule has 1 aliphatic heterocycles. The van der Waals surface area contributed by atoms with Gasteiger partial charge in [0.25, 0.3) is 5.91 Å². The van der Waals surface area contributed by atoms with Gasteiger partial charge in [-0.1, -0.05) is 18.2 Å². The first kappa shape index (κ1) is 13.1. The Morgan fingerprint density at radius 2 is 2.22 bits per heavy atom. The van der Waals surface area contributed by atoms with Crippen molar-refractivity contribution in [1.82, 2.24) is 10.6 Å². The second kappa shape index (κ2) is 5.98. The average molecular weight is 248 g/mol. The fourth-order valence-electron chi connectivity index (χ4n) is 2.41. The van der Waals surface area contributed by atoms with Crippen LogP contribution in [0.25, 0.3) is 0 Å². The van der Waals surface area contributed by atoms with E-state index in [-0.39, 0.29) is 11.4 Å². The number of hydrogen-bond donors (Lipinski definition) is 2. The number of methoxy groups -OCH3 is 1. The molecule has 1 atom stereocenters. The lowest BCUT2D eigenvalue weighted by atomic mass is 9.98. The number of nitrogens with one attached hydrogen (secondary N) is 2. The molecule has 1 aliphatic rings. The fraction of sp³-hybridized carbons (Fsp3) is 0.500. The first-order valence-electron chi connectivity index (χ1n) is 6.33. The first-order valence-corrected chi connectivity index (χ1v) is 6.33. The maximum atomic E-state index is 12.0. The number of carbonyl (C=O) groups excluding carboxylic acids is 1. The third-order valence-corrected chi connectivity index (χ3v) is 3.38. The van der Waals surface area contributed by atoms with Crippen molar-refractivity contribution in [3.8, 4) is 0 Å². The van der Waals surface area contributed by atoms with Gasteiger partial charge in [0.1, 0.15) is 0 Å². The van der Waals surface area contributed by atoms with Crippen molar-refractivity contribution in [3.05, 3.63) is 35.9 Å². The third-order valence-electron chi connectivity index (χ3n) is 3.38. The summed E-state index contributed by atoms with van der Waals surface area (Å²) in [6, 6.07) is 9.28. The van der Waals surface area contributed by atoms with Crippen LogP contribution in [0.5, 0.6) is 0 Å². The summed E-state index contributed by atoms with van der Waals surface area (Å²) in [5.41, 5.74) is 0.599. The molecule has 1 unspecified atom stereocenters. The van der Waals surface area contributed by atoms with Gasteiger partial charge in [-0.3, -0.25) is 4.79 Å². The lowest BCUT2D eigenvalue weighted by Crippen LogP contribution is -2.52. The minimum atomic E-state index is -0.0980. The van der Waals surface area contributed by atoms with Crippen LogP contribution in [0, 0.1) is 0 Å². The van der Waals surface area contributed by atoms with Crippen molar-refractivity contribution in [2.75, 3.05) is 26.8 Å². The van der Waals surface area contributed by atoms with Crippen molar-refractivity contribution in [2.45, 2.75) is 18.4 Å². The second-order valence-corrected chi connectivity index (χ2v) is 4.79. The molecule has 0 aromatic heterocycles. The Labute approximate surface area is 108 Å². The summed E-state index contributed by atoms with van der Waals surface area (Å²) in [7, 11) is 1.70. The summed E-state index contributed by atoms with van der Waals surface area (Å²) < 4.78 is 5.25. The molecule has 1 amide bonds. The Morgan fingerprint density at radius 1 is 1.44 bits per heavy atom. The van der Waals surface area contributed by atoms with Gasteiger partial charge in [0.05, 0.1) is 12.1 Å². The second-order valence-electron chi connectivity index (χ2n) is 4.79. The summed E-state index contributed by atoms with van der Waals surface area (Å²) in [5.74, 6) is -0.0280. The predicted octanol–water partition coefficient (Wildman–Crippen LogP) is 1.18. The zero-order valence-corrected chi connectivity index (χ0v) is 10.7. The Kier molecular flexibility index (Phi) is 4.33. The summed E-state index contributed by atoms with van der Waals surface area (Å²) in [6.07, 6.45) is 2.17. The Hall–Kier alpha value is -1.39. The van der Waals surface area contributed by atoms with Gasteiger partial charge in [0.2, 0.25) is 0 Å². The van der Waals surface area contributed by atoms with Crippen LogP contribution >= 0.6 is 0 Å². The van der Waals surface area contributed by atoms with Crippen LogP contribution in [0.2, 0.25) is 0 Å². The van der Waals surface area contributed by atoms with Crippen LogP contribution in [0.1, 0.15) is 23.2 Å². The van der Waals surface area contributed by atoms with E-state index in [1.54, 1.807) is 7.11 Å². The van der Waals surface area contributed by atoms with E-state index in [0.29, 0.717) is 18.7 Å². The van der Waals surface area contributed by atoms with Crippen molar-refractivity contribution >= 4 is 5.91 Å². The molecular weight excluding hydrogens is 228 g/mol. The number of benzene rings is 1. The molecule has 0 saturated carbocycles. The van der Waals surface area contributed by atoms with E-state index in [0.717, 1.165) is 19.4 Å². The van der Waals surface area contributed by atoms with E-state index < -0.39 is 0 Å². The highest BCUT2D eigenvalue weighted by atomic mass is 16.5. The Morgan fingerprint density at radius 3 is 2.83 bits per heavy atom. The van der Waals surface area contributed by atoms with Crippen molar-refractivity contribution < 1.29 is 9.53 Å². The number of ether oxygens (including phenoxy) is 1. The molecule has 1 aromatic carbocycles. The Bertz CT molecular complexity index is 386. The highest BCUT2D eigenvalue weighted by molar-refractivity contribution is 5.94. The van der Waals surface area contributed by atoms with Gasteiger partial charge < -0.3 is 15.4 Å². The summed E-state index contributed by atoms with van der Waals surface area (Å²) in [5, 5.41) is 6.42. The Balaban J connectivity index is 1.92. The van der Waals surface area contributed by atoms with E-state index in [1.807, 2.05) is 30.3 Å². The minimum Gasteiger partial charge on any atom is -0.383 e. The van der Waals surface area contributed by atoms with Crippen molar-refractivity contribution in [2.24, 2.45) is 0 Å². The number of carbonyl (C=O) groups is 1. The summed E-state index contributed by atoms with van der Waals surface area (Å²) in [4.78, 5) is 12.0. The lowest BCUT2D eigenvalue weighted by molar-refractivity contribution is 0.0892. The van der Waals surface area contributed by atoms with Crippen LogP contribution in [0.3, 0.4) is 0 Å². The summed E-state index contributed by atoms with van der Waals surface area (Å²) in [6.45, 7) is 2.22. The number of amides is 1. The van der Waals surface area contributed by atoms with Crippen LogP contribution in [-0.4, -0.2) is 38.3 Å². The van der Waals surface area contributed by atoms with Gasteiger partial charge in [0, 0.05) is 19.2 Å². The van der Waals surface area contributed by atoms with E-state index in [4.69, 9.17) is 4.74 Å². The topological polar surface area (TPSA) is 50.4 Å². The predicted molar refractivity (Wildman–Crippen MR) is 70.6 cm³/mol. The molecule has 0 bridgehead atoms. The van der Waals surface area contributed by atoms with Crippen LogP contribution in [-0.2, 0) is 4.74 Å². The van der Waals surface area contributed by atoms with E-state index >= 15 is 0 Å². The molecule has 0 aliphatic carbocycles. The zero-order chi connectivity index (χ0) is 12.8. The molecule has 18 heavy (non-hydrogen) atoms. The number of rotatable bonds is 5. The molecule has 0 spiro atoms. The fourth-order valence-corrected chi connectivity index (χ4v) is 2.41. The molecule has 1 heterocycles. The molecule has 2 rings (SSSR count). The SMILES string of the molecule is COCC1(CNC(=O)c2ccccc2)CCCN1. The molecule has 2 N–H and O–H groups in total. The molecule has 4 nitrogen and oxygen atoms in total. The molecule has 1 aromatic rings. The lowest BCUT2D eigenvalue weighted by Gasteiger charge is -2.28. The zero-order valence-electron chi connectivity index (χ0n) is 10.7. The van der Waals surface area contributed by atoms with Gasteiger partial charge in [-0.25, -0.2) is 0 Å². The van der Waals surface area contributed by atoms with Gasteiger partial charge in [-0.15, -0.1) is 0 Å². The first-order chi connectivity index (χ1) is 8.76. The van der Waals surface area contributed by atoms with Gasteiger partial charge >= 0.3 is 0 Å². The molecule has 1 fully saturated rings. The molecule has 4 heteroatoms. The smallest absolute Gasteiger partial charge is 0.251 e. The van der Waals surface area contributed by atoms with Crippen molar-refractivity contribution in [1.29, 1.82) is 0 Å². The van der Waals surface area contributed by atoms with Crippen LogP contribution < -0.4 is 10.6 Å². The quantitative estimate of drug-likeness (QED) is 0.823. The van der Waals surface area contributed by atoms with Gasteiger partial charge in [-0.2, -0.15) is 0 Å². The summed E-state index contributed by atoms with van der Waals surface area (Å²) >= 11 is 0. The molecular formula is C14H20N2O2. The van der Waals surface area contributed by atoms with Gasteiger partial charge in [0.15, 0.2) is 0 Å². The normalized spacial score (nSPS) is 22.9. The van der Waals surface area contributed by atoms with Crippen LogP contribution in [0.15, 0.2) is 30.3 Å². The maximum Gasteiger partial charge on any atom is 0.251 e. The third kappa shape index (κ3) is 3.09. The van der Waals surface area contributed by atoms with Gasteiger partial charge in [-0.05, 0) is 31.5 Å². The molecule has 0 radical (unpaired) electrons. The molecule has 98 valence electrons. The van der Waals surface area contributed by atoms with E-state index in [9.17, 15) is 4.79 Å². The van der Waals surface area contributed by atoms with Crippen molar-refractivity contribution in [3.63, 3.8) is 0 Å². The maximum absolute atomic E-state index is 12.0. The largest absolute Gasteiger partial charge is 0.383 e. The van der Waals surface area contributed by atoms with E-state index in [1.165, 1.54) is 0 Å². The monoisotopic (exact) mass is 248 g/mol. The van der Waals surface area contributed by atoms with Crippen LogP contribution in [0.4, 0.5) is 0 Å². The number of hydrogen-bond acceptors (Lipinski definition) is 3. The highest BCUT2D eigenvalue weighted by Gasteiger charge is 2.33. The standard InChI is InChI=1S/C14H20N2O2/c1-18-11-14(8-5-9-16-14)10-15-13(17)12-6-3-2-4-7-12/h2-4,6-7,16H,5,8-11H2,1H3,(H,15,17). The minimum absolute atomic E-state index is 0.0280. The average Bonchev–Trinajstić information content (AvgIpc) is 2.87.